The van der Waals surface area contributed by atoms with Gasteiger partial charge < -0.3 is 9.64 Å². The normalized spacial score (nSPS) is 15.7. The molecule has 12 heteroatoms. The van der Waals surface area contributed by atoms with Gasteiger partial charge in [-0.2, -0.15) is 18.3 Å². The van der Waals surface area contributed by atoms with Gasteiger partial charge in [-0.15, -0.1) is 0 Å². The average Bonchev–Trinajstić information content (AvgIpc) is 3.17. The molecule has 1 aliphatic heterocycles. The Morgan fingerprint density at radius 3 is 2.56 bits per heavy atom. The number of benzene rings is 1. The summed E-state index contributed by atoms with van der Waals surface area (Å²) in [6.07, 6.45) is -1.74. The molecule has 1 saturated heterocycles. The molecule has 2 heterocycles. The van der Waals surface area contributed by atoms with E-state index in [4.69, 9.17) is 4.74 Å². The molecular weight excluding hydrogens is 449 g/mol. The van der Waals surface area contributed by atoms with Gasteiger partial charge in [0.2, 0.25) is 10.0 Å². The third kappa shape index (κ3) is 5.60. The summed E-state index contributed by atoms with van der Waals surface area (Å²) >= 11 is 0. The Labute approximate surface area is 184 Å². The quantitative estimate of drug-likeness (QED) is 0.666. The van der Waals surface area contributed by atoms with Gasteiger partial charge in [-0.3, -0.25) is 4.79 Å². The first-order valence-corrected chi connectivity index (χ1v) is 11.8. The Kier molecular flexibility index (Phi) is 7.13. The van der Waals surface area contributed by atoms with Gasteiger partial charge in [0.05, 0.1) is 30.3 Å². The number of likely N-dealkylation sites (tertiary alicyclic amines) is 1. The minimum atomic E-state index is -4.51. The van der Waals surface area contributed by atoms with E-state index in [1.807, 2.05) is 0 Å². The number of halogens is 3. The zero-order valence-electron chi connectivity index (χ0n) is 17.7. The molecule has 1 fully saturated rings. The van der Waals surface area contributed by atoms with Crippen molar-refractivity contribution in [3.8, 4) is 11.4 Å². The molecule has 32 heavy (non-hydrogen) atoms. The molecule has 0 bridgehead atoms. The zero-order chi connectivity index (χ0) is 23.5. The summed E-state index contributed by atoms with van der Waals surface area (Å²) in [5.41, 5.74) is -0.707. The maximum absolute atomic E-state index is 13.0. The number of methoxy groups -OCH3 is 1. The fraction of sp³-hybridized carbons (Fsp3) is 0.500. The van der Waals surface area contributed by atoms with E-state index in [-0.39, 0.29) is 28.9 Å². The Morgan fingerprint density at radius 2 is 1.97 bits per heavy atom. The maximum Gasteiger partial charge on any atom is 0.416 e. The molecule has 0 unspecified atom stereocenters. The Morgan fingerprint density at radius 1 is 1.28 bits per heavy atom. The summed E-state index contributed by atoms with van der Waals surface area (Å²) in [5.74, 6) is -0.239. The fourth-order valence-electron chi connectivity index (χ4n) is 3.54. The second-order valence-corrected chi connectivity index (χ2v) is 9.42. The first-order valence-electron chi connectivity index (χ1n) is 10.1. The summed E-state index contributed by atoms with van der Waals surface area (Å²) < 4.78 is 72.0. The molecule has 0 saturated carbocycles. The Bertz CT molecular complexity index is 1060. The Hall–Kier alpha value is -2.60. The van der Waals surface area contributed by atoms with Crippen molar-refractivity contribution in [3.63, 3.8) is 0 Å². The van der Waals surface area contributed by atoms with Gasteiger partial charge in [0.1, 0.15) is 0 Å². The number of hydrogen-bond donors (Lipinski definition) is 1. The minimum absolute atomic E-state index is 0.0186. The minimum Gasteiger partial charge on any atom is -0.493 e. The lowest BCUT2D eigenvalue weighted by molar-refractivity contribution is -0.137. The Balaban J connectivity index is 1.74. The van der Waals surface area contributed by atoms with Gasteiger partial charge in [-0.05, 0) is 37.5 Å². The van der Waals surface area contributed by atoms with E-state index < -0.39 is 27.7 Å². The maximum atomic E-state index is 13.0. The molecule has 1 aromatic carbocycles. The summed E-state index contributed by atoms with van der Waals surface area (Å²) in [5, 5.41) is 4.17. The molecule has 1 amide bonds. The van der Waals surface area contributed by atoms with Crippen LogP contribution in [0.4, 0.5) is 13.2 Å². The van der Waals surface area contributed by atoms with Crippen LogP contribution in [0, 0.1) is 0 Å². The number of alkyl halides is 3. The number of hydrogen-bond acceptors (Lipinski definition) is 5. The highest BCUT2D eigenvalue weighted by Gasteiger charge is 2.32. The molecule has 1 N–H and O–H groups in total. The number of ether oxygens (including phenoxy) is 1. The standard InChI is InChI=1S/C20H25F3N4O4S/c1-3-11-32(29,30)25-15-7-9-26(10-8-15)19(28)18-17(31-2)13-27(24-18)16-6-4-5-14(12-16)20(21,22)23/h4-6,12-13,15,25H,3,7-11H2,1-2H3. The lowest BCUT2D eigenvalue weighted by atomic mass is 10.1. The zero-order valence-corrected chi connectivity index (χ0v) is 18.5. The van der Waals surface area contributed by atoms with Crippen LogP contribution in [-0.2, 0) is 16.2 Å². The molecule has 2 aromatic rings. The van der Waals surface area contributed by atoms with Crippen molar-refractivity contribution in [1.82, 2.24) is 19.4 Å². The average molecular weight is 475 g/mol. The predicted molar refractivity (Wildman–Crippen MR) is 111 cm³/mol. The van der Waals surface area contributed by atoms with Crippen LogP contribution in [0.3, 0.4) is 0 Å². The van der Waals surface area contributed by atoms with Crippen molar-refractivity contribution in [1.29, 1.82) is 0 Å². The molecule has 0 atom stereocenters. The summed E-state index contributed by atoms with van der Waals surface area (Å²) in [6.45, 7) is 2.42. The van der Waals surface area contributed by atoms with Gasteiger partial charge in [0, 0.05) is 19.1 Å². The molecule has 3 rings (SSSR count). The number of aromatic nitrogens is 2. The van der Waals surface area contributed by atoms with Crippen molar-refractivity contribution in [2.75, 3.05) is 26.0 Å². The van der Waals surface area contributed by atoms with Gasteiger partial charge in [-0.1, -0.05) is 13.0 Å². The van der Waals surface area contributed by atoms with E-state index in [0.29, 0.717) is 32.4 Å². The van der Waals surface area contributed by atoms with Crippen molar-refractivity contribution < 1.29 is 31.1 Å². The van der Waals surface area contributed by atoms with Gasteiger partial charge in [0.25, 0.3) is 5.91 Å². The smallest absolute Gasteiger partial charge is 0.416 e. The second-order valence-electron chi connectivity index (χ2n) is 7.54. The number of nitrogens with zero attached hydrogens (tertiary/aromatic N) is 3. The third-order valence-corrected chi connectivity index (χ3v) is 6.78. The van der Waals surface area contributed by atoms with E-state index >= 15 is 0 Å². The van der Waals surface area contributed by atoms with E-state index in [2.05, 4.69) is 9.82 Å². The van der Waals surface area contributed by atoms with E-state index in [1.54, 1.807) is 6.92 Å². The van der Waals surface area contributed by atoms with E-state index in [9.17, 15) is 26.4 Å². The molecule has 0 spiro atoms. The van der Waals surface area contributed by atoms with Gasteiger partial charge >= 0.3 is 6.18 Å². The number of carbonyl (C=O) groups excluding carboxylic acids is 1. The van der Waals surface area contributed by atoms with Gasteiger partial charge in [0.15, 0.2) is 11.4 Å². The molecule has 0 aliphatic carbocycles. The first kappa shape index (κ1) is 24.1. The topological polar surface area (TPSA) is 93.5 Å². The number of rotatable bonds is 7. The predicted octanol–water partition coefficient (Wildman–Crippen LogP) is 2.83. The van der Waals surface area contributed by atoms with Crippen LogP contribution < -0.4 is 9.46 Å². The number of amides is 1. The van der Waals surface area contributed by atoms with E-state index in [0.717, 1.165) is 12.1 Å². The molecule has 176 valence electrons. The molecular formula is C20H25F3N4O4S. The van der Waals surface area contributed by atoms with E-state index in [1.165, 1.54) is 35.0 Å². The van der Waals surface area contributed by atoms with Crippen molar-refractivity contribution in [2.24, 2.45) is 0 Å². The highest BCUT2D eigenvalue weighted by Crippen LogP contribution is 2.31. The largest absolute Gasteiger partial charge is 0.493 e. The van der Waals surface area contributed by atoms with Gasteiger partial charge in [-0.25, -0.2) is 17.8 Å². The number of sulfonamides is 1. The second kappa shape index (κ2) is 9.49. The first-order chi connectivity index (χ1) is 15.0. The fourth-order valence-corrected chi connectivity index (χ4v) is 4.94. The summed E-state index contributed by atoms with van der Waals surface area (Å²) in [4.78, 5) is 14.5. The lowest BCUT2D eigenvalue weighted by Gasteiger charge is -2.31. The van der Waals surface area contributed by atoms with Crippen LogP contribution >= 0.6 is 0 Å². The van der Waals surface area contributed by atoms with Crippen LogP contribution in [0.5, 0.6) is 5.75 Å². The van der Waals surface area contributed by atoms with Crippen molar-refractivity contribution in [2.45, 2.75) is 38.4 Å². The highest BCUT2D eigenvalue weighted by molar-refractivity contribution is 7.89. The highest BCUT2D eigenvalue weighted by atomic mass is 32.2. The summed E-state index contributed by atoms with van der Waals surface area (Å²) in [7, 11) is -2.00. The number of piperidine rings is 1. The molecule has 1 aromatic heterocycles. The summed E-state index contributed by atoms with van der Waals surface area (Å²) in [6, 6.07) is 4.35. The molecule has 1 aliphatic rings. The lowest BCUT2D eigenvalue weighted by Crippen LogP contribution is -2.47. The van der Waals surface area contributed by atoms with Crippen LogP contribution in [0.1, 0.15) is 42.2 Å². The van der Waals surface area contributed by atoms with Crippen LogP contribution in [0.2, 0.25) is 0 Å². The van der Waals surface area contributed by atoms with Crippen molar-refractivity contribution in [3.05, 3.63) is 41.7 Å². The molecule has 8 nitrogen and oxygen atoms in total. The monoisotopic (exact) mass is 474 g/mol. The third-order valence-electron chi connectivity index (χ3n) is 5.14. The number of carbonyl (C=O) groups is 1. The SMILES string of the molecule is CCCS(=O)(=O)NC1CCN(C(=O)c2nn(-c3cccc(C(F)(F)F)c3)cc2OC)CC1. The van der Waals surface area contributed by atoms with Crippen LogP contribution in [0.25, 0.3) is 5.69 Å². The van der Waals surface area contributed by atoms with Crippen molar-refractivity contribution >= 4 is 15.9 Å². The number of nitrogens with one attached hydrogen (secondary N) is 1. The molecule has 0 radical (unpaired) electrons. The van der Waals surface area contributed by atoms with Crippen LogP contribution in [0.15, 0.2) is 30.5 Å². The van der Waals surface area contributed by atoms with Crippen LogP contribution in [-0.4, -0.2) is 61.0 Å².